The van der Waals surface area contributed by atoms with Crippen LogP contribution in [-0.2, 0) is 13.6 Å². The summed E-state index contributed by atoms with van der Waals surface area (Å²) >= 11 is 0. The quantitative estimate of drug-likeness (QED) is 0.324. The minimum atomic E-state index is -3.75. The highest BCUT2D eigenvalue weighted by atomic mass is 31.2. The molecule has 0 spiro atoms. The standard InChI is InChI=1S/C21H25N2O3P/c1-4-5-6-7-8-9-13-16-21(17-22,18-23)20(27(24,25-2)26-3)19-14-11-10-12-15-19/h9-15,20H,4-6,16H2,1-3H3/b13-9+. The van der Waals surface area contributed by atoms with Gasteiger partial charge in [0, 0.05) is 20.6 Å². The lowest BCUT2D eigenvalue weighted by Crippen LogP contribution is -2.26. The maximum Gasteiger partial charge on any atom is 0.340 e. The normalized spacial score (nSPS) is 12.6. The Morgan fingerprint density at radius 2 is 1.81 bits per heavy atom. The lowest BCUT2D eigenvalue weighted by atomic mass is 9.80. The molecule has 0 aliphatic carbocycles. The minimum absolute atomic E-state index is 0.0543. The number of allylic oxidation sites excluding steroid dienone is 2. The summed E-state index contributed by atoms with van der Waals surface area (Å²) in [5.74, 6) is 5.92. The zero-order valence-corrected chi connectivity index (χ0v) is 16.9. The van der Waals surface area contributed by atoms with E-state index in [1.807, 2.05) is 0 Å². The van der Waals surface area contributed by atoms with Crippen LogP contribution in [0, 0.1) is 39.9 Å². The van der Waals surface area contributed by atoms with Crippen molar-refractivity contribution in [1.82, 2.24) is 0 Å². The van der Waals surface area contributed by atoms with Crippen molar-refractivity contribution in [3.63, 3.8) is 0 Å². The third kappa shape index (κ3) is 5.82. The van der Waals surface area contributed by atoms with Gasteiger partial charge in [-0.25, -0.2) is 0 Å². The zero-order chi connectivity index (χ0) is 20.2. The molecule has 27 heavy (non-hydrogen) atoms. The molecular weight excluding hydrogens is 359 g/mol. The van der Waals surface area contributed by atoms with E-state index < -0.39 is 18.7 Å². The molecule has 142 valence electrons. The van der Waals surface area contributed by atoms with Crippen molar-refractivity contribution in [2.24, 2.45) is 5.41 Å². The highest BCUT2D eigenvalue weighted by Crippen LogP contribution is 2.67. The summed E-state index contributed by atoms with van der Waals surface area (Å²) in [6.45, 7) is 2.10. The fourth-order valence-electron chi connectivity index (χ4n) is 2.71. The van der Waals surface area contributed by atoms with Crippen LogP contribution in [0.15, 0.2) is 42.5 Å². The van der Waals surface area contributed by atoms with Gasteiger partial charge in [0.05, 0.1) is 12.1 Å². The van der Waals surface area contributed by atoms with Crippen molar-refractivity contribution in [2.75, 3.05) is 14.2 Å². The Kier molecular flexibility index (Phi) is 9.56. The van der Waals surface area contributed by atoms with Gasteiger partial charge in [-0.3, -0.25) is 4.57 Å². The molecule has 6 heteroatoms. The summed E-state index contributed by atoms with van der Waals surface area (Å²) < 4.78 is 23.6. The number of hydrogen-bond acceptors (Lipinski definition) is 5. The number of benzene rings is 1. The highest BCUT2D eigenvalue weighted by molar-refractivity contribution is 7.54. The lowest BCUT2D eigenvalue weighted by Gasteiger charge is -2.32. The minimum Gasteiger partial charge on any atom is -0.311 e. The Bertz CT molecular complexity index is 788. The van der Waals surface area contributed by atoms with Gasteiger partial charge in [-0.2, -0.15) is 10.5 Å². The number of rotatable bonds is 9. The first-order valence-corrected chi connectivity index (χ1v) is 10.4. The second kappa shape index (κ2) is 11.4. The van der Waals surface area contributed by atoms with E-state index in [2.05, 4.69) is 30.9 Å². The lowest BCUT2D eigenvalue weighted by molar-refractivity contribution is 0.250. The Balaban J connectivity index is 3.29. The van der Waals surface area contributed by atoms with Crippen LogP contribution in [0.3, 0.4) is 0 Å². The van der Waals surface area contributed by atoms with Crippen molar-refractivity contribution in [3.8, 4) is 24.0 Å². The molecule has 5 nitrogen and oxygen atoms in total. The smallest absolute Gasteiger partial charge is 0.311 e. The summed E-state index contributed by atoms with van der Waals surface area (Å²) in [5, 5.41) is 19.7. The molecule has 0 saturated heterocycles. The van der Waals surface area contributed by atoms with E-state index in [1.165, 1.54) is 14.2 Å². The van der Waals surface area contributed by atoms with Gasteiger partial charge in [-0.1, -0.05) is 61.6 Å². The van der Waals surface area contributed by atoms with Gasteiger partial charge in [0.25, 0.3) is 0 Å². The molecule has 0 saturated carbocycles. The van der Waals surface area contributed by atoms with E-state index in [1.54, 1.807) is 42.5 Å². The topological polar surface area (TPSA) is 83.1 Å². The van der Waals surface area contributed by atoms with Gasteiger partial charge in [0.15, 0.2) is 5.41 Å². The monoisotopic (exact) mass is 384 g/mol. The molecule has 1 atom stereocenters. The first-order valence-electron chi connectivity index (χ1n) is 8.75. The van der Waals surface area contributed by atoms with Crippen LogP contribution in [-0.4, -0.2) is 14.2 Å². The third-order valence-electron chi connectivity index (χ3n) is 4.20. The van der Waals surface area contributed by atoms with E-state index in [0.717, 1.165) is 19.3 Å². The Hall–Kier alpha value is -2.35. The molecule has 1 unspecified atom stereocenters. The van der Waals surface area contributed by atoms with Gasteiger partial charge in [0.2, 0.25) is 0 Å². The van der Waals surface area contributed by atoms with Crippen molar-refractivity contribution in [2.45, 2.75) is 38.3 Å². The van der Waals surface area contributed by atoms with Crippen LogP contribution in [0.4, 0.5) is 0 Å². The van der Waals surface area contributed by atoms with Crippen LogP contribution in [0.5, 0.6) is 0 Å². The Morgan fingerprint density at radius 3 is 2.33 bits per heavy atom. The predicted molar refractivity (Wildman–Crippen MR) is 106 cm³/mol. The molecular formula is C21H25N2O3P. The summed E-state index contributed by atoms with van der Waals surface area (Å²) in [4.78, 5) is 0. The average Bonchev–Trinajstić information content (AvgIpc) is 2.72. The van der Waals surface area contributed by atoms with Gasteiger partial charge in [-0.15, -0.1) is 0 Å². The highest BCUT2D eigenvalue weighted by Gasteiger charge is 2.52. The molecule has 1 aromatic carbocycles. The van der Waals surface area contributed by atoms with Crippen molar-refractivity contribution >= 4 is 7.60 Å². The summed E-state index contributed by atoms with van der Waals surface area (Å²) in [6.07, 6.45) is 6.26. The molecule has 0 aromatic heterocycles. The van der Waals surface area contributed by atoms with Crippen LogP contribution in [0.25, 0.3) is 0 Å². The van der Waals surface area contributed by atoms with Crippen molar-refractivity contribution < 1.29 is 13.6 Å². The number of nitriles is 2. The second-order valence-electron chi connectivity index (χ2n) is 5.94. The maximum atomic E-state index is 13.2. The predicted octanol–water partition coefficient (Wildman–Crippen LogP) is 5.39. The molecule has 0 N–H and O–H groups in total. The van der Waals surface area contributed by atoms with Crippen LogP contribution >= 0.6 is 7.60 Å². The van der Waals surface area contributed by atoms with Gasteiger partial charge in [0.1, 0.15) is 5.66 Å². The molecule has 1 rings (SSSR count). The third-order valence-corrected chi connectivity index (χ3v) is 6.59. The zero-order valence-electron chi connectivity index (χ0n) is 16.0. The van der Waals surface area contributed by atoms with E-state index in [4.69, 9.17) is 9.05 Å². The molecule has 0 aliphatic heterocycles. The molecule has 0 bridgehead atoms. The summed E-state index contributed by atoms with van der Waals surface area (Å²) in [6, 6.07) is 12.9. The summed E-state index contributed by atoms with van der Waals surface area (Å²) in [5.41, 5.74) is -2.12. The first kappa shape index (κ1) is 22.7. The van der Waals surface area contributed by atoms with E-state index >= 15 is 0 Å². The molecule has 1 aromatic rings. The fourth-order valence-corrected chi connectivity index (χ4v) is 4.58. The fraction of sp³-hybridized carbons (Fsp3) is 0.429. The van der Waals surface area contributed by atoms with Crippen LogP contribution in [0.2, 0.25) is 0 Å². The van der Waals surface area contributed by atoms with Crippen molar-refractivity contribution in [3.05, 3.63) is 48.0 Å². The molecule has 0 heterocycles. The Morgan fingerprint density at radius 1 is 1.19 bits per heavy atom. The van der Waals surface area contributed by atoms with Crippen LogP contribution < -0.4 is 0 Å². The molecule has 0 fully saturated rings. The molecule has 0 radical (unpaired) electrons. The average molecular weight is 384 g/mol. The van der Waals surface area contributed by atoms with Gasteiger partial charge in [-0.05, 0) is 24.5 Å². The number of hydrogen-bond donors (Lipinski definition) is 0. The molecule has 0 amide bonds. The van der Waals surface area contributed by atoms with Gasteiger partial charge < -0.3 is 9.05 Å². The SMILES string of the molecule is CCCCC#C/C=C/CC(C#N)(C#N)C(c1ccccc1)P(=O)(OC)OC. The first-order chi connectivity index (χ1) is 13.0. The van der Waals surface area contributed by atoms with Gasteiger partial charge >= 0.3 is 7.60 Å². The van der Waals surface area contributed by atoms with E-state index in [0.29, 0.717) is 5.56 Å². The Labute approximate surface area is 162 Å². The second-order valence-corrected chi connectivity index (χ2v) is 8.27. The van der Waals surface area contributed by atoms with E-state index in [-0.39, 0.29) is 6.42 Å². The summed E-state index contributed by atoms with van der Waals surface area (Å²) in [7, 11) is -1.24. The largest absolute Gasteiger partial charge is 0.340 e. The number of nitrogens with zero attached hydrogens (tertiary/aromatic N) is 2. The number of unbranched alkanes of at least 4 members (excludes halogenated alkanes) is 2. The maximum absolute atomic E-state index is 13.2. The van der Waals surface area contributed by atoms with Crippen LogP contribution in [0.1, 0.15) is 43.8 Å². The molecule has 0 aliphatic rings. The van der Waals surface area contributed by atoms with E-state index in [9.17, 15) is 15.1 Å². The van der Waals surface area contributed by atoms with Crippen molar-refractivity contribution in [1.29, 1.82) is 10.5 Å².